The van der Waals surface area contributed by atoms with E-state index in [2.05, 4.69) is 72.9 Å². The van der Waals surface area contributed by atoms with Gasteiger partial charge in [-0.1, -0.05) is 15.9 Å². The van der Waals surface area contributed by atoms with Crippen LogP contribution in [0.2, 0.25) is 0 Å². The molecule has 0 amide bonds. The van der Waals surface area contributed by atoms with Crippen LogP contribution < -0.4 is 0 Å². The van der Waals surface area contributed by atoms with E-state index in [4.69, 9.17) is 0 Å². The first-order valence-electron chi connectivity index (χ1n) is 14.3. The molecule has 6 aromatic rings. The standard InChI is InChI=1S/C16H13BrF2N4O.C10H7FN2O.C6H7Br2FN2/c17-15-12(8-21-23(15)5-3-18)9-22-6-4-20-16(22)14-2-1-13(19)7-11(14)10-24;11-8-1-2-9(7(5-8)6-14)10-12-3-4-13-10;7-3-5-4-10-11(2-1-9)6(5)8/h1-2,4,6-8,10H,3,5,9H2;1-6H,(H,12,13);4H,1-3H2. The zero-order valence-electron chi connectivity index (χ0n) is 25.4. The van der Waals surface area contributed by atoms with Crippen LogP contribution in [0.3, 0.4) is 0 Å². The Labute approximate surface area is 303 Å². The number of alkyl halides is 3. The second-order valence-electron chi connectivity index (χ2n) is 9.89. The zero-order chi connectivity index (χ0) is 35.3. The van der Waals surface area contributed by atoms with Crippen molar-refractivity contribution in [1.29, 1.82) is 0 Å². The van der Waals surface area contributed by atoms with Gasteiger partial charge in [-0.3, -0.25) is 19.0 Å². The smallest absolute Gasteiger partial charge is 0.150 e. The normalized spacial score (nSPS) is 10.6. The predicted molar refractivity (Wildman–Crippen MR) is 186 cm³/mol. The van der Waals surface area contributed by atoms with Gasteiger partial charge < -0.3 is 9.55 Å². The highest BCUT2D eigenvalue weighted by atomic mass is 79.9. The Morgan fingerprint density at radius 3 is 1.88 bits per heavy atom. The van der Waals surface area contributed by atoms with Gasteiger partial charge in [-0.2, -0.15) is 10.2 Å². The van der Waals surface area contributed by atoms with Crippen LogP contribution in [0, 0.1) is 11.6 Å². The molecule has 49 heavy (non-hydrogen) atoms. The van der Waals surface area contributed by atoms with Crippen molar-refractivity contribution in [3.63, 3.8) is 0 Å². The van der Waals surface area contributed by atoms with Crippen molar-refractivity contribution in [2.45, 2.75) is 25.0 Å². The quantitative estimate of drug-likeness (QED) is 0.0802. The van der Waals surface area contributed by atoms with E-state index >= 15 is 0 Å². The molecule has 10 nitrogen and oxygen atoms in total. The molecule has 0 unspecified atom stereocenters. The molecular formula is C32H27Br3F4N8O2. The second-order valence-corrected chi connectivity index (χ2v) is 12.0. The number of aromatic nitrogens is 8. The van der Waals surface area contributed by atoms with Gasteiger partial charge in [-0.15, -0.1) is 0 Å². The Kier molecular flexibility index (Phi) is 14.2. The van der Waals surface area contributed by atoms with E-state index in [1.165, 1.54) is 41.1 Å². The lowest BCUT2D eigenvalue weighted by Crippen LogP contribution is -2.05. The molecule has 0 fully saturated rings. The van der Waals surface area contributed by atoms with E-state index in [-0.39, 0.29) is 18.8 Å². The summed E-state index contributed by atoms with van der Waals surface area (Å²) in [7, 11) is 0. The van der Waals surface area contributed by atoms with E-state index in [9.17, 15) is 27.2 Å². The highest BCUT2D eigenvalue weighted by Gasteiger charge is 2.15. The molecule has 6 rings (SSSR count). The number of imidazole rings is 2. The van der Waals surface area contributed by atoms with E-state index < -0.39 is 18.3 Å². The number of hydrogen-bond acceptors (Lipinski definition) is 6. The number of nitrogens with one attached hydrogen (secondary N) is 1. The molecule has 1 N–H and O–H groups in total. The Morgan fingerprint density at radius 1 is 0.776 bits per heavy atom. The van der Waals surface area contributed by atoms with Crippen LogP contribution in [0.1, 0.15) is 31.8 Å². The maximum absolute atomic E-state index is 13.3. The zero-order valence-corrected chi connectivity index (χ0v) is 30.2. The van der Waals surface area contributed by atoms with Crippen LogP contribution in [-0.2, 0) is 25.0 Å². The summed E-state index contributed by atoms with van der Waals surface area (Å²) in [6, 6.07) is 8.00. The van der Waals surface area contributed by atoms with Gasteiger partial charge in [-0.25, -0.2) is 27.5 Å². The highest BCUT2D eigenvalue weighted by molar-refractivity contribution is 9.11. The Bertz CT molecular complexity index is 1980. The monoisotopic (exact) mass is 868 g/mol. The lowest BCUT2D eigenvalue weighted by molar-refractivity contribution is 0.111. The number of aldehydes is 2. The fourth-order valence-electron chi connectivity index (χ4n) is 4.44. The van der Waals surface area contributed by atoms with E-state index in [0.717, 1.165) is 21.1 Å². The van der Waals surface area contributed by atoms with Crippen LogP contribution in [0.25, 0.3) is 22.8 Å². The van der Waals surface area contributed by atoms with E-state index in [0.29, 0.717) is 58.6 Å². The summed E-state index contributed by atoms with van der Waals surface area (Å²) in [5.41, 5.74) is 3.56. The molecule has 0 aliphatic carbocycles. The van der Waals surface area contributed by atoms with Crippen molar-refractivity contribution in [3.05, 3.63) is 117 Å². The molecule has 0 atom stereocenters. The van der Waals surface area contributed by atoms with Gasteiger partial charge in [0.05, 0.1) is 32.0 Å². The molecule has 0 spiro atoms. The van der Waals surface area contributed by atoms with Crippen molar-refractivity contribution in [2.24, 2.45) is 0 Å². The number of nitrogens with zero attached hydrogens (tertiary/aromatic N) is 7. The summed E-state index contributed by atoms with van der Waals surface area (Å²) in [5.74, 6) is 0.200. The molecule has 0 saturated carbocycles. The van der Waals surface area contributed by atoms with Gasteiger partial charge in [0, 0.05) is 63.5 Å². The third-order valence-corrected chi connectivity index (χ3v) is 9.20. The number of hydrogen-bond donors (Lipinski definition) is 1. The highest BCUT2D eigenvalue weighted by Crippen LogP contribution is 2.25. The number of rotatable bonds is 11. The van der Waals surface area contributed by atoms with Crippen LogP contribution in [0.4, 0.5) is 17.6 Å². The summed E-state index contributed by atoms with van der Waals surface area (Å²) >= 11 is 10.0. The Morgan fingerprint density at radius 2 is 1.35 bits per heavy atom. The summed E-state index contributed by atoms with van der Waals surface area (Å²) in [4.78, 5) is 33.0. The largest absolute Gasteiger partial charge is 0.345 e. The van der Waals surface area contributed by atoms with Gasteiger partial charge in [0.25, 0.3) is 0 Å². The molecule has 4 heterocycles. The predicted octanol–water partition coefficient (Wildman–Crippen LogP) is 8.02. The maximum Gasteiger partial charge on any atom is 0.150 e. The summed E-state index contributed by atoms with van der Waals surface area (Å²) in [5, 5.41) is 8.84. The molecule has 2 aromatic carbocycles. The van der Waals surface area contributed by atoms with Crippen molar-refractivity contribution in [2.75, 3.05) is 13.3 Å². The molecule has 0 aliphatic heterocycles. The first-order chi connectivity index (χ1) is 23.7. The average Bonchev–Trinajstić information content (AvgIpc) is 3.93. The number of H-pyrrole nitrogens is 1. The van der Waals surface area contributed by atoms with Crippen LogP contribution in [0.15, 0.2) is 82.8 Å². The lowest BCUT2D eigenvalue weighted by atomic mass is 10.1. The summed E-state index contributed by atoms with van der Waals surface area (Å²) in [6.07, 6.45) is 11.2. The number of aryl methyl sites for hydroxylation is 2. The first-order valence-corrected chi connectivity index (χ1v) is 17.0. The molecule has 0 saturated heterocycles. The van der Waals surface area contributed by atoms with Crippen molar-refractivity contribution < 1.29 is 27.2 Å². The van der Waals surface area contributed by atoms with Gasteiger partial charge in [0.15, 0.2) is 12.6 Å². The minimum absolute atomic E-state index is 0.171. The number of carbonyl (C=O) groups excluding carboxylic acids is 2. The molecule has 256 valence electrons. The molecular weight excluding hydrogens is 844 g/mol. The van der Waals surface area contributed by atoms with E-state index in [1.807, 2.05) is 4.57 Å². The van der Waals surface area contributed by atoms with Crippen LogP contribution in [-0.4, -0.2) is 65.0 Å². The van der Waals surface area contributed by atoms with Crippen LogP contribution in [0.5, 0.6) is 0 Å². The topological polar surface area (TPSA) is 116 Å². The fourth-order valence-corrected chi connectivity index (χ4v) is 6.24. The number of aromatic amines is 1. The molecule has 0 radical (unpaired) electrons. The van der Waals surface area contributed by atoms with Gasteiger partial charge in [0.1, 0.15) is 45.8 Å². The Hall–Kier alpha value is -4.22. The third-order valence-electron chi connectivity index (χ3n) is 6.76. The van der Waals surface area contributed by atoms with E-state index in [1.54, 1.807) is 41.9 Å². The fraction of sp³-hybridized carbons (Fsp3) is 0.188. The van der Waals surface area contributed by atoms with Crippen LogP contribution >= 0.6 is 47.8 Å². The van der Waals surface area contributed by atoms with Crippen molar-refractivity contribution in [1.82, 2.24) is 39.1 Å². The SMILES string of the molecule is FCCn1ncc(CBr)c1Br.O=Cc1cc(F)ccc1-c1ncc[nH]1.O=Cc1cc(F)ccc1-c1nccn1Cc1cnn(CCF)c1Br. The Balaban J connectivity index is 0.000000183. The minimum atomic E-state index is -0.506. The number of benzene rings is 2. The minimum Gasteiger partial charge on any atom is -0.345 e. The molecule has 17 heteroatoms. The maximum atomic E-state index is 13.3. The lowest BCUT2D eigenvalue weighted by Gasteiger charge is -2.09. The molecule has 0 aliphatic rings. The van der Waals surface area contributed by atoms with Crippen molar-refractivity contribution in [3.8, 4) is 22.8 Å². The molecule has 4 aromatic heterocycles. The number of carbonyl (C=O) groups is 2. The summed E-state index contributed by atoms with van der Waals surface area (Å²) in [6.45, 7) is 0.0202. The first kappa shape index (κ1) is 37.6. The average molecular weight is 871 g/mol. The molecule has 0 bridgehead atoms. The van der Waals surface area contributed by atoms with Gasteiger partial charge in [-0.05, 0) is 68.3 Å². The third kappa shape index (κ3) is 9.70. The van der Waals surface area contributed by atoms with Gasteiger partial charge in [0.2, 0.25) is 0 Å². The summed E-state index contributed by atoms with van der Waals surface area (Å²) < 4.78 is 57.0. The van der Waals surface area contributed by atoms with Crippen molar-refractivity contribution >= 4 is 60.4 Å². The van der Waals surface area contributed by atoms with Gasteiger partial charge >= 0.3 is 0 Å². The second kappa shape index (κ2) is 18.5. The number of halogens is 7.